The van der Waals surface area contributed by atoms with Gasteiger partial charge < -0.3 is 9.84 Å². The van der Waals surface area contributed by atoms with Crippen LogP contribution < -0.4 is 10.2 Å². The topological polar surface area (TPSA) is 102 Å². The summed E-state index contributed by atoms with van der Waals surface area (Å²) in [6.07, 6.45) is 4.85. The Morgan fingerprint density at radius 1 is 1.38 bits per heavy atom. The highest BCUT2D eigenvalue weighted by molar-refractivity contribution is 6.00. The predicted octanol–water partition coefficient (Wildman–Crippen LogP) is 1.27. The van der Waals surface area contributed by atoms with Gasteiger partial charge in [0.1, 0.15) is 23.6 Å². The van der Waals surface area contributed by atoms with Crippen molar-refractivity contribution >= 4 is 28.6 Å². The second kappa shape index (κ2) is 5.59. The number of aryl methyl sites for hydroxylation is 2. The number of amides is 1. The van der Waals surface area contributed by atoms with Crippen molar-refractivity contribution in [3.8, 4) is 0 Å². The van der Waals surface area contributed by atoms with Crippen LogP contribution in [0.5, 0.6) is 0 Å². The molecule has 3 aromatic rings. The van der Waals surface area contributed by atoms with Crippen LogP contribution >= 0.6 is 0 Å². The molecule has 0 aromatic carbocycles. The summed E-state index contributed by atoms with van der Waals surface area (Å²) in [5, 5.41) is 12.2. The molecule has 24 heavy (non-hydrogen) atoms. The molecule has 0 saturated carbocycles. The van der Waals surface area contributed by atoms with Gasteiger partial charge in [-0.25, -0.2) is 4.98 Å². The summed E-state index contributed by atoms with van der Waals surface area (Å²) in [6, 6.07) is 1.47. The number of hydrogen-bond acceptors (Lipinski definition) is 7. The molecule has 4 heterocycles. The summed E-state index contributed by atoms with van der Waals surface area (Å²) in [5.41, 5.74) is 1.10. The molecule has 1 unspecified atom stereocenters. The normalized spacial score (nSPS) is 18.3. The number of anilines is 2. The smallest absolute Gasteiger partial charge is 0.263 e. The van der Waals surface area contributed by atoms with E-state index in [-0.39, 0.29) is 11.9 Å². The summed E-state index contributed by atoms with van der Waals surface area (Å²) < 4.78 is 6.84. The summed E-state index contributed by atoms with van der Waals surface area (Å²) in [7, 11) is 1.83. The fraction of sp³-hybridized carbons (Fsp3) is 0.400. The quantitative estimate of drug-likeness (QED) is 0.772. The molecule has 1 aliphatic rings. The third-order valence-electron chi connectivity index (χ3n) is 4.17. The largest absolute Gasteiger partial charge is 0.358 e. The molecule has 0 aliphatic carbocycles. The molecular formula is C15H17N7O2. The molecule has 0 spiro atoms. The minimum atomic E-state index is -0.367. The van der Waals surface area contributed by atoms with Gasteiger partial charge in [-0.3, -0.25) is 14.4 Å². The minimum absolute atomic E-state index is 0.0131. The first-order valence-corrected chi connectivity index (χ1v) is 7.78. The van der Waals surface area contributed by atoms with Crippen molar-refractivity contribution in [1.29, 1.82) is 0 Å². The molecule has 1 fully saturated rings. The number of rotatable bonds is 3. The Hall–Kier alpha value is -2.97. The van der Waals surface area contributed by atoms with Gasteiger partial charge in [-0.15, -0.1) is 0 Å². The fourth-order valence-corrected chi connectivity index (χ4v) is 2.98. The van der Waals surface area contributed by atoms with Gasteiger partial charge in [0.05, 0.1) is 5.69 Å². The van der Waals surface area contributed by atoms with Gasteiger partial charge in [0.15, 0.2) is 5.82 Å². The zero-order chi connectivity index (χ0) is 16.7. The molecule has 0 bridgehead atoms. The molecule has 1 atom stereocenters. The van der Waals surface area contributed by atoms with Crippen molar-refractivity contribution in [3.05, 3.63) is 24.3 Å². The van der Waals surface area contributed by atoms with E-state index in [1.807, 2.05) is 26.2 Å². The molecule has 1 amide bonds. The van der Waals surface area contributed by atoms with Gasteiger partial charge in [-0.2, -0.15) is 10.1 Å². The average molecular weight is 327 g/mol. The predicted molar refractivity (Wildman–Crippen MR) is 86.5 cm³/mol. The van der Waals surface area contributed by atoms with E-state index < -0.39 is 0 Å². The first kappa shape index (κ1) is 14.6. The van der Waals surface area contributed by atoms with Crippen LogP contribution in [0.3, 0.4) is 0 Å². The zero-order valence-corrected chi connectivity index (χ0v) is 13.4. The average Bonchev–Trinajstić information content (AvgIpc) is 3.16. The van der Waals surface area contributed by atoms with Crippen LogP contribution in [0.2, 0.25) is 0 Å². The lowest BCUT2D eigenvalue weighted by Crippen LogP contribution is -2.48. The highest BCUT2D eigenvalue weighted by Crippen LogP contribution is 2.26. The lowest BCUT2D eigenvalue weighted by molar-refractivity contribution is -0.120. The summed E-state index contributed by atoms with van der Waals surface area (Å²) in [5.74, 6) is 1.23. The van der Waals surface area contributed by atoms with E-state index in [4.69, 9.17) is 4.52 Å². The Labute approximate surface area is 137 Å². The molecule has 4 rings (SSSR count). The van der Waals surface area contributed by atoms with E-state index in [0.717, 1.165) is 12.8 Å². The molecule has 3 aromatic heterocycles. The van der Waals surface area contributed by atoms with E-state index in [9.17, 15) is 4.79 Å². The molecule has 1 aliphatic heterocycles. The van der Waals surface area contributed by atoms with Crippen molar-refractivity contribution in [2.24, 2.45) is 7.05 Å². The third kappa shape index (κ3) is 2.38. The first-order chi connectivity index (χ1) is 11.6. The number of nitrogens with zero attached hydrogens (tertiary/aromatic N) is 6. The fourth-order valence-electron chi connectivity index (χ4n) is 2.98. The van der Waals surface area contributed by atoms with Gasteiger partial charge in [0.25, 0.3) is 11.6 Å². The van der Waals surface area contributed by atoms with Crippen molar-refractivity contribution in [1.82, 2.24) is 24.9 Å². The van der Waals surface area contributed by atoms with Crippen LogP contribution in [0.15, 0.2) is 23.1 Å². The maximum atomic E-state index is 12.8. The van der Waals surface area contributed by atoms with Gasteiger partial charge >= 0.3 is 0 Å². The molecule has 9 nitrogen and oxygen atoms in total. The molecular weight excluding hydrogens is 310 g/mol. The number of piperidine rings is 1. The summed E-state index contributed by atoms with van der Waals surface area (Å²) >= 11 is 0. The molecule has 9 heteroatoms. The van der Waals surface area contributed by atoms with Gasteiger partial charge in [0.2, 0.25) is 0 Å². The lowest BCUT2D eigenvalue weighted by Gasteiger charge is -2.31. The van der Waals surface area contributed by atoms with Crippen molar-refractivity contribution in [3.63, 3.8) is 0 Å². The number of fused-ring (bicyclic) bond motifs is 1. The highest BCUT2D eigenvalue weighted by Gasteiger charge is 2.31. The highest BCUT2D eigenvalue weighted by atomic mass is 16.5. The van der Waals surface area contributed by atoms with Crippen molar-refractivity contribution in [2.45, 2.75) is 25.8 Å². The Balaban J connectivity index is 1.62. The summed E-state index contributed by atoms with van der Waals surface area (Å²) in [4.78, 5) is 22.8. The lowest BCUT2D eigenvalue weighted by atomic mass is 10.0. The number of carbonyl (C=O) groups excluding carboxylic acids is 1. The van der Waals surface area contributed by atoms with E-state index in [1.54, 1.807) is 9.58 Å². The zero-order valence-electron chi connectivity index (χ0n) is 13.4. The van der Waals surface area contributed by atoms with E-state index in [1.165, 1.54) is 6.33 Å². The second-order valence-electron chi connectivity index (χ2n) is 5.85. The standard InChI is InChI=1S/C15H17N7O2/c1-9-12-13(16-8-17-14(12)24-20-9)18-10-4-3-6-22(15(10)23)11-5-7-21(2)19-11/h5,7-8,10H,3-4,6H2,1-2H3,(H,16,17,18). The number of carbonyl (C=O) groups is 1. The van der Waals surface area contributed by atoms with Gasteiger partial charge in [-0.05, 0) is 19.8 Å². The van der Waals surface area contributed by atoms with Crippen LogP contribution in [0.1, 0.15) is 18.5 Å². The Morgan fingerprint density at radius 2 is 2.25 bits per heavy atom. The molecule has 1 N–H and O–H groups in total. The molecule has 124 valence electrons. The van der Waals surface area contributed by atoms with Crippen LogP contribution in [0.25, 0.3) is 11.1 Å². The Morgan fingerprint density at radius 3 is 3.04 bits per heavy atom. The minimum Gasteiger partial charge on any atom is -0.358 e. The monoisotopic (exact) mass is 327 g/mol. The number of hydrogen-bond donors (Lipinski definition) is 1. The molecule has 1 saturated heterocycles. The van der Waals surface area contributed by atoms with Crippen LogP contribution in [-0.4, -0.2) is 43.4 Å². The third-order valence-corrected chi connectivity index (χ3v) is 4.17. The van der Waals surface area contributed by atoms with Crippen molar-refractivity contribution < 1.29 is 9.32 Å². The van der Waals surface area contributed by atoms with Crippen LogP contribution in [0, 0.1) is 6.92 Å². The maximum Gasteiger partial charge on any atom is 0.263 e. The maximum absolute atomic E-state index is 12.8. The molecule has 0 radical (unpaired) electrons. The number of aromatic nitrogens is 5. The first-order valence-electron chi connectivity index (χ1n) is 7.78. The number of nitrogens with one attached hydrogen (secondary N) is 1. The van der Waals surface area contributed by atoms with E-state index in [2.05, 4.69) is 25.5 Å². The summed E-state index contributed by atoms with van der Waals surface area (Å²) in [6.45, 7) is 2.49. The van der Waals surface area contributed by atoms with Gasteiger partial charge in [0, 0.05) is 25.9 Å². The van der Waals surface area contributed by atoms with Gasteiger partial charge in [-0.1, -0.05) is 5.16 Å². The van der Waals surface area contributed by atoms with Crippen LogP contribution in [0.4, 0.5) is 11.6 Å². The van der Waals surface area contributed by atoms with E-state index >= 15 is 0 Å². The second-order valence-corrected chi connectivity index (χ2v) is 5.85. The Bertz CT molecular complexity index is 900. The van der Waals surface area contributed by atoms with Crippen molar-refractivity contribution in [2.75, 3.05) is 16.8 Å². The Kier molecular flexibility index (Phi) is 3.40. The van der Waals surface area contributed by atoms with E-state index in [0.29, 0.717) is 35.0 Å². The SMILES string of the molecule is Cc1noc2ncnc(NC3CCCN(c4ccn(C)n4)C3=O)c12. The van der Waals surface area contributed by atoms with Crippen LogP contribution in [-0.2, 0) is 11.8 Å².